The predicted octanol–water partition coefficient (Wildman–Crippen LogP) is -1.75. The van der Waals surface area contributed by atoms with E-state index in [1.807, 2.05) is 0 Å². The second kappa shape index (κ2) is 11.5. The monoisotopic (exact) mass is 404 g/mol. The Morgan fingerprint density at radius 1 is 1.12 bits per heavy atom. The van der Waals surface area contributed by atoms with Gasteiger partial charge in [-0.2, -0.15) is 5.48 Å². The molecule has 0 aromatic carbocycles. The Morgan fingerprint density at radius 3 is 2.48 bits per heavy atom. The molecule has 140 valence electrons. The Labute approximate surface area is 175 Å². The van der Waals surface area contributed by atoms with Gasteiger partial charge in [0.05, 0.1) is 15.4 Å². The molecule has 8 nitrogen and oxygen atoms in total. The van der Waals surface area contributed by atoms with Crippen LogP contribution in [0.3, 0.4) is 0 Å². The molecule has 2 fully saturated rings. The van der Waals surface area contributed by atoms with Gasteiger partial charge in [-0.25, -0.2) is 8.42 Å². The first-order valence-corrected chi connectivity index (χ1v) is 10.9. The summed E-state index contributed by atoms with van der Waals surface area (Å²) in [5, 5.41) is 2.07. The largest absolute Gasteiger partial charge is 1.00 e. The molecule has 1 amide bonds. The molecular formula is C14H25N2NaO6S2. The summed E-state index contributed by atoms with van der Waals surface area (Å²) >= 11 is 1.09. The molecule has 25 heavy (non-hydrogen) atoms. The topological polar surface area (TPSA) is 117 Å². The van der Waals surface area contributed by atoms with E-state index in [4.69, 9.17) is 9.32 Å². The normalized spacial score (nSPS) is 30.3. The maximum Gasteiger partial charge on any atom is 1.00 e. The van der Waals surface area contributed by atoms with Gasteiger partial charge in [-0.3, -0.25) is 4.79 Å². The van der Waals surface area contributed by atoms with Gasteiger partial charge in [0.1, 0.15) is 0 Å². The van der Waals surface area contributed by atoms with Gasteiger partial charge in [-0.05, 0) is 44.9 Å². The number of carbonyl (C=O) groups is 1. The van der Waals surface area contributed by atoms with Gasteiger partial charge < -0.3 is 9.87 Å². The average molecular weight is 404 g/mol. The molecule has 0 saturated heterocycles. The third-order valence-corrected chi connectivity index (χ3v) is 6.19. The fourth-order valence-electron chi connectivity index (χ4n) is 3.51. The third kappa shape index (κ3) is 8.02. The number of hydroxylamine groups is 1. The molecule has 11 heteroatoms. The van der Waals surface area contributed by atoms with Gasteiger partial charge in [0.15, 0.2) is 0 Å². The number of nitrogens with one attached hydrogen (secondary N) is 2. The molecule has 2 N–H and O–H groups in total. The van der Waals surface area contributed by atoms with Crippen LogP contribution in [0.15, 0.2) is 0 Å². The zero-order valence-corrected chi connectivity index (χ0v) is 18.4. The maximum absolute atomic E-state index is 12.4. The Hall–Kier alpha value is 0.610. The van der Waals surface area contributed by atoms with Crippen LogP contribution in [0.1, 0.15) is 51.4 Å². The predicted molar refractivity (Wildman–Crippen MR) is 88.5 cm³/mol. The van der Waals surface area contributed by atoms with Crippen molar-refractivity contribution in [3.05, 3.63) is 0 Å². The van der Waals surface area contributed by atoms with E-state index in [2.05, 4.69) is 10.8 Å². The van der Waals surface area contributed by atoms with Crippen LogP contribution in [0.5, 0.6) is 0 Å². The Morgan fingerprint density at radius 2 is 1.80 bits per heavy atom. The molecule has 0 aromatic rings. The second-order valence-corrected chi connectivity index (χ2v) is 8.60. The van der Waals surface area contributed by atoms with Crippen molar-refractivity contribution in [2.24, 2.45) is 5.92 Å². The summed E-state index contributed by atoms with van der Waals surface area (Å²) in [5.41, 5.74) is 2.82. The van der Waals surface area contributed by atoms with E-state index < -0.39 is 21.3 Å². The Bertz CT molecular complexity index is 521. The van der Waals surface area contributed by atoms with Gasteiger partial charge in [0.2, 0.25) is 5.91 Å². The molecular weight excluding hydrogens is 379 g/mol. The van der Waals surface area contributed by atoms with E-state index in [9.17, 15) is 17.8 Å². The number of hydrogen-bond donors (Lipinski definition) is 2. The minimum atomic E-state index is -4.32. The van der Waals surface area contributed by atoms with E-state index in [1.165, 1.54) is 0 Å². The average Bonchev–Trinajstić information content (AvgIpc) is 2.55. The van der Waals surface area contributed by atoms with Crippen molar-refractivity contribution in [3.63, 3.8) is 0 Å². The van der Waals surface area contributed by atoms with Crippen molar-refractivity contribution < 1.29 is 56.6 Å². The molecule has 4 atom stereocenters. The smallest absolute Gasteiger partial charge is 0.748 e. The summed E-state index contributed by atoms with van der Waals surface area (Å²) in [6.07, 6.45) is 6.95. The van der Waals surface area contributed by atoms with Crippen LogP contribution < -0.4 is 40.4 Å². The first-order valence-electron chi connectivity index (χ1n) is 8.27. The van der Waals surface area contributed by atoms with E-state index in [0.29, 0.717) is 19.3 Å². The second-order valence-electron chi connectivity index (χ2n) is 6.48. The Kier molecular flexibility index (Phi) is 10.8. The van der Waals surface area contributed by atoms with Gasteiger partial charge >= 0.3 is 29.6 Å². The fraction of sp³-hybridized carbons (Fsp3) is 0.929. The molecule has 0 radical (unpaired) electrons. The van der Waals surface area contributed by atoms with Gasteiger partial charge in [-0.15, -0.1) is 9.32 Å². The molecule has 2 rings (SSSR count). The molecule has 4 unspecified atom stereocenters. The summed E-state index contributed by atoms with van der Waals surface area (Å²) in [4.78, 5) is 17.3. The summed E-state index contributed by atoms with van der Waals surface area (Å²) in [6, 6.07) is 0.114. The summed E-state index contributed by atoms with van der Waals surface area (Å²) in [6.45, 7) is 0. The fourth-order valence-corrected chi connectivity index (χ4v) is 4.54. The molecule has 2 aliphatic carbocycles. The minimum Gasteiger partial charge on any atom is -0.748 e. The molecule has 0 aromatic heterocycles. The van der Waals surface area contributed by atoms with Crippen LogP contribution in [0.2, 0.25) is 0 Å². The molecule has 0 heterocycles. The Balaban J connectivity index is 0.00000312. The van der Waals surface area contributed by atoms with Crippen molar-refractivity contribution in [1.82, 2.24) is 10.8 Å². The van der Waals surface area contributed by atoms with Gasteiger partial charge in [-0.1, -0.05) is 6.42 Å². The number of carbonyl (C=O) groups excluding carboxylic acids is 1. The number of amides is 1. The van der Waals surface area contributed by atoms with Crippen LogP contribution in [0.4, 0.5) is 0 Å². The van der Waals surface area contributed by atoms with Crippen LogP contribution in [0, 0.1) is 5.92 Å². The maximum atomic E-state index is 12.4. The van der Waals surface area contributed by atoms with E-state index in [0.717, 1.165) is 37.7 Å². The summed E-state index contributed by atoms with van der Waals surface area (Å²) in [7, 11) is -4.32. The van der Waals surface area contributed by atoms with Crippen LogP contribution in [-0.2, 0) is 24.2 Å². The number of rotatable bonds is 7. The zero-order valence-electron chi connectivity index (χ0n) is 14.7. The molecule has 0 aliphatic heterocycles. The van der Waals surface area contributed by atoms with Gasteiger partial charge in [0, 0.05) is 36.3 Å². The van der Waals surface area contributed by atoms with Crippen molar-refractivity contribution in [2.75, 3.05) is 6.26 Å². The minimum absolute atomic E-state index is 0. The molecule has 2 aliphatic rings. The zero-order chi connectivity index (χ0) is 17.6. The molecule has 0 bridgehead atoms. The van der Waals surface area contributed by atoms with E-state index in [1.54, 1.807) is 6.26 Å². The van der Waals surface area contributed by atoms with Crippen molar-refractivity contribution >= 4 is 28.1 Å². The van der Waals surface area contributed by atoms with Crippen molar-refractivity contribution in [2.45, 2.75) is 68.7 Å². The van der Waals surface area contributed by atoms with Crippen molar-refractivity contribution in [3.8, 4) is 0 Å². The van der Waals surface area contributed by atoms with Gasteiger partial charge in [0.25, 0.3) is 0 Å². The first kappa shape index (κ1) is 23.6. The molecule has 2 saturated carbocycles. The SMILES string of the molecule is CSOONC1CCCC(NC(=O)C2CCCC(S(=O)(=O)[O-])C2)C1.[Na+]. The van der Waals surface area contributed by atoms with E-state index in [-0.39, 0.29) is 54.0 Å². The number of hydrogen-bond acceptors (Lipinski definition) is 8. The van der Waals surface area contributed by atoms with Crippen LogP contribution in [-0.4, -0.2) is 42.5 Å². The quantitative estimate of drug-likeness (QED) is 0.128. The molecule has 0 spiro atoms. The summed E-state index contributed by atoms with van der Waals surface area (Å²) < 4.78 is 38.3. The van der Waals surface area contributed by atoms with Crippen molar-refractivity contribution in [1.29, 1.82) is 0 Å². The standard InChI is InChI=1S/C14H26N2O6S2.Na/c1-23-22-21-16-12-6-3-5-11(9-12)15-14(17)10-4-2-7-13(8-10)24(18,19)20;/h10-13,16H,2-9H2,1H3,(H,15,17)(H,18,19,20);/q;+1/p-1. The third-order valence-electron chi connectivity index (χ3n) is 4.74. The van der Waals surface area contributed by atoms with Crippen LogP contribution >= 0.6 is 12.0 Å². The van der Waals surface area contributed by atoms with Crippen LogP contribution in [0.25, 0.3) is 0 Å². The van der Waals surface area contributed by atoms with E-state index >= 15 is 0 Å². The first-order chi connectivity index (χ1) is 11.4. The summed E-state index contributed by atoms with van der Waals surface area (Å²) in [5.74, 6) is -0.535.